The second-order valence-corrected chi connectivity index (χ2v) is 26.5. The van der Waals surface area contributed by atoms with Crippen LogP contribution in [-0.4, -0.2) is 127 Å². The normalized spacial score (nSPS) is 25.5. The molecule has 420 valence electrons. The number of hydrogen-bond acceptors (Lipinski definition) is 17. The highest BCUT2D eigenvalue weighted by molar-refractivity contribution is 6.73. The van der Waals surface area contributed by atoms with Gasteiger partial charge in [0.05, 0.1) is 42.4 Å². The van der Waals surface area contributed by atoms with E-state index in [9.17, 15) is 24.0 Å². The van der Waals surface area contributed by atoms with Crippen molar-refractivity contribution in [3.05, 3.63) is 186 Å². The van der Waals surface area contributed by atoms with Crippen molar-refractivity contribution in [2.45, 2.75) is 119 Å². The molecule has 3 aliphatic rings. The van der Waals surface area contributed by atoms with E-state index in [1.807, 2.05) is 84.0 Å². The SMILES string of the molecule is COC(=O)C1(OC[C@H]2O[C@H](OC)[C@H](OC(=O)c3ccccc3)[C@@H](OC(=O)c3ccccc3)[C@@H]2OC(=O)c2ccccc2)C[C@@H](OC(=O)c2ccccc2)[C@H]2O[Si](C(C)(C)C)(C(C)(C)C)OC(COc3ccc4ccccc4c3)[C@H]2O1. The molecule has 17 nitrogen and oxygen atoms in total. The summed E-state index contributed by atoms with van der Waals surface area (Å²) in [6.07, 6.45) is -13.1. The number of carbonyl (C=O) groups is 5. The highest BCUT2D eigenvalue weighted by Crippen LogP contribution is 2.57. The minimum absolute atomic E-state index is 0.113. The van der Waals surface area contributed by atoms with E-state index in [-0.39, 0.29) is 28.9 Å². The van der Waals surface area contributed by atoms with Crippen LogP contribution in [0.25, 0.3) is 10.8 Å². The van der Waals surface area contributed by atoms with Crippen LogP contribution in [0.4, 0.5) is 0 Å². The first kappa shape index (κ1) is 57.4. The lowest BCUT2D eigenvalue weighted by atomic mass is 9.91. The van der Waals surface area contributed by atoms with Gasteiger partial charge in [-0.15, -0.1) is 0 Å². The minimum Gasteiger partial charge on any atom is -0.491 e. The summed E-state index contributed by atoms with van der Waals surface area (Å²) in [5.74, 6) is -6.30. The summed E-state index contributed by atoms with van der Waals surface area (Å²) >= 11 is 0. The third-order valence-electron chi connectivity index (χ3n) is 14.4. The smallest absolute Gasteiger partial charge is 0.366 e. The zero-order chi connectivity index (χ0) is 56.8. The van der Waals surface area contributed by atoms with Crippen molar-refractivity contribution in [3.63, 3.8) is 0 Å². The molecule has 80 heavy (non-hydrogen) atoms. The van der Waals surface area contributed by atoms with Gasteiger partial charge in [-0.2, -0.15) is 0 Å². The van der Waals surface area contributed by atoms with Crippen molar-refractivity contribution in [2.24, 2.45) is 0 Å². The Bertz CT molecular complexity index is 3100. The first-order chi connectivity index (χ1) is 38.3. The Kier molecular flexibility index (Phi) is 17.4. The maximum atomic E-state index is 14.8. The fraction of sp³-hybridized carbons (Fsp3) is 0.371. The van der Waals surface area contributed by atoms with Crippen molar-refractivity contribution in [1.29, 1.82) is 0 Å². The molecule has 10 atom stereocenters. The number of fused-ring (bicyclic) bond motifs is 2. The molecule has 3 saturated heterocycles. The lowest BCUT2D eigenvalue weighted by Gasteiger charge is -2.60. The number of esters is 5. The number of methoxy groups -OCH3 is 2. The van der Waals surface area contributed by atoms with Crippen LogP contribution in [0, 0.1) is 0 Å². The highest BCUT2D eigenvalue weighted by Gasteiger charge is 2.69. The van der Waals surface area contributed by atoms with Gasteiger partial charge >= 0.3 is 38.4 Å². The second kappa shape index (κ2) is 24.2. The molecule has 0 saturated carbocycles. The standard InChI is InChI=1S/C62H66O17Si/c1-60(2,3)80(61(4,5)6)78-48(37-70-45-34-33-39-23-21-22-32-44(39)35-45)50-51(79-80)46(72-54(63)40-24-13-9-14-25-40)36-62(77-50,59(67)69-8)71-38-47-49(74-55(64)41-26-15-10-16-27-41)52(75-56(65)42-28-17-11-18-29-42)53(58(68-7)73-47)76-57(66)43-30-19-12-20-31-43/h9-35,46-53,58H,36-38H2,1-8H3/t46-,47-,48?,49-,50-,51-,52+,53-,58+,62?/m1/s1. The highest BCUT2D eigenvalue weighted by atomic mass is 28.4. The van der Waals surface area contributed by atoms with Crippen molar-refractivity contribution >= 4 is 49.2 Å². The molecule has 0 amide bonds. The third-order valence-corrected chi connectivity index (χ3v) is 19.6. The summed E-state index contributed by atoms with van der Waals surface area (Å²) < 4.78 is 78.1. The Balaban J connectivity index is 1.13. The van der Waals surface area contributed by atoms with Crippen molar-refractivity contribution in [1.82, 2.24) is 0 Å². The van der Waals surface area contributed by atoms with E-state index in [2.05, 4.69) is 0 Å². The average molecular weight is 1110 g/mol. The molecule has 6 aromatic rings. The van der Waals surface area contributed by atoms with Gasteiger partial charge in [-0.3, -0.25) is 0 Å². The number of hydrogen-bond donors (Lipinski definition) is 0. The molecule has 0 spiro atoms. The number of rotatable bonds is 16. The lowest BCUT2D eigenvalue weighted by Crippen LogP contribution is -2.75. The first-order valence-corrected chi connectivity index (χ1v) is 28.2. The van der Waals surface area contributed by atoms with Crippen LogP contribution < -0.4 is 4.74 Å². The van der Waals surface area contributed by atoms with E-state index in [1.54, 1.807) is 84.9 Å². The topological polar surface area (TPSA) is 196 Å². The Morgan fingerprint density at radius 3 is 1.50 bits per heavy atom. The summed E-state index contributed by atoms with van der Waals surface area (Å²) in [6, 6.07) is 46.1. The summed E-state index contributed by atoms with van der Waals surface area (Å²) in [4.78, 5) is 71.6. The maximum Gasteiger partial charge on any atom is 0.366 e. The van der Waals surface area contributed by atoms with Crippen LogP contribution in [0.1, 0.15) is 89.4 Å². The molecular weight excluding hydrogens is 1040 g/mol. The van der Waals surface area contributed by atoms with Gasteiger partial charge in [0.15, 0.2) is 24.6 Å². The molecule has 2 unspecified atom stereocenters. The molecule has 0 N–H and O–H groups in total. The van der Waals surface area contributed by atoms with Gasteiger partial charge in [-0.05, 0) is 71.4 Å². The zero-order valence-electron chi connectivity index (χ0n) is 45.8. The van der Waals surface area contributed by atoms with E-state index in [1.165, 1.54) is 43.5 Å². The molecule has 3 heterocycles. The fourth-order valence-electron chi connectivity index (χ4n) is 10.7. The van der Waals surface area contributed by atoms with Crippen LogP contribution in [0.3, 0.4) is 0 Å². The van der Waals surface area contributed by atoms with Crippen LogP contribution in [0.5, 0.6) is 5.75 Å². The molecule has 0 aromatic heterocycles. The van der Waals surface area contributed by atoms with E-state index in [4.69, 9.17) is 56.2 Å². The number of ether oxygens (including phenoxy) is 10. The molecule has 3 fully saturated rings. The first-order valence-electron chi connectivity index (χ1n) is 26.4. The number of carbonyl (C=O) groups excluding carboxylic acids is 5. The monoisotopic (exact) mass is 1110 g/mol. The van der Waals surface area contributed by atoms with Crippen LogP contribution >= 0.6 is 0 Å². The second-order valence-electron chi connectivity index (χ2n) is 21.8. The quantitative estimate of drug-likeness (QED) is 0.0504. The summed E-state index contributed by atoms with van der Waals surface area (Å²) in [5, 5.41) is 0.715. The fourth-order valence-corrected chi connectivity index (χ4v) is 15.7. The van der Waals surface area contributed by atoms with Crippen LogP contribution in [0.2, 0.25) is 10.1 Å². The summed E-state index contributed by atoms with van der Waals surface area (Å²) in [6.45, 7) is 11.4. The predicted octanol–water partition coefficient (Wildman–Crippen LogP) is 9.99. The van der Waals surface area contributed by atoms with Gasteiger partial charge in [0.2, 0.25) is 0 Å². The van der Waals surface area contributed by atoms with Gasteiger partial charge < -0.3 is 56.2 Å². The summed E-state index contributed by atoms with van der Waals surface area (Å²) in [5.41, 5.74) is 0.605. The van der Waals surface area contributed by atoms with E-state index >= 15 is 0 Å². The van der Waals surface area contributed by atoms with Crippen LogP contribution in [0.15, 0.2) is 164 Å². The molecule has 0 radical (unpaired) electrons. The lowest BCUT2D eigenvalue weighted by molar-refractivity contribution is -0.348. The van der Waals surface area contributed by atoms with Crippen molar-refractivity contribution in [2.75, 3.05) is 27.4 Å². The van der Waals surface area contributed by atoms with Gasteiger partial charge in [-0.25, -0.2) is 24.0 Å². The van der Waals surface area contributed by atoms with E-state index in [0.29, 0.717) is 5.75 Å². The number of benzene rings is 6. The molecule has 3 aliphatic heterocycles. The zero-order valence-corrected chi connectivity index (χ0v) is 46.8. The molecule has 0 aliphatic carbocycles. The van der Waals surface area contributed by atoms with Gasteiger partial charge in [-0.1, -0.05) is 145 Å². The minimum atomic E-state index is -3.56. The van der Waals surface area contributed by atoms with Gasteiger partial charge in [0, 0.05) is 17.2 Å². The maximum absolute atomic E-state index is 14.8. The van der Waals surface area contributed by atoms with Crippen molar-refractivity contribution < 1.29 is 80.2 Å². The largest absolute Gasteiger partial charge is 0.491 e. The van der Waals surface area contributed by atoms with Gasteiger partial charge in [0.25, 0.3) is 5.79 Å². The molecular formula is C62H66O17Si. The van der Waals surface area contributed by atoms with E-state index in [0.717, 1.165) is 17.9 Å². The Hall–Kier alpha value is -7.29. The Morgan fingerprint density at radius 1 is 0.525 bits per heavy atom. The predicted molar refractivity (Wildman–Crippen MR) is 293 cm³/mol. The summed E-state index contributed by atoms with van der Waals surface area (Å²) in [7, 11) is -1.13. The van der Waals surface area contributed by atoms with E-state index < -0.39 is 122 Å². The molecule has 18 heteroatoms. The Morgan fingerprint density at radius 2 is 1.00 bits per heavy atom. The third kappa shape index (κ3) is 12.2. The Labute approximate surface area is 465 Å². The van der Waals surface area contributed by atoms with Crippen molar-refractivity contribution in [3.8, 4) is 5.75 Å². The average Bonchev–Trinajstić information content (AvgIpc) is 3.59. The van der Waals surface area contributed by atoms with Gasteiger partial charge in [0.1, 0.15) is 42.9 Å². The molecule has 9 rings (SSSR count). The molecule has 0 bridgehead atoms. The molecule has 6 aromatic carbocycles. The van der Waals surface area contributed by atoms with Crippen LogP contribution in [-0.2, 0) is 56.3 Å².